The molecule has 1 unspecified atom stereocenters. The third-order valence-corrected chi connectivity index (χ3v) is 1.84. The summed E-state index contributed by atoms with van der Waals surface area (Å²) >= 11 is 0. The van der Waals surface area contributed by atoms with Crippen LogP contribution in [0.5, 0.6) is 0 Å². The molecule has 1 fully saturated rings. The van der Waals surface area contributed by atoms with Crippen LogP contribution in [-0.2, 0) is 19.2 Å². The van der Waals surface area contributed by atoms with E-state index in [0.717, 1.165) is 6.42 Å². The largest absolute Gasteiger partial charge is 0.393 e. The van der Waals surface area contributed by atoms with E-state index in [9.17, 15) is 14.4 Å². The van der Waals surface area contributed by atoms with Gasteiger partial charge in [0.1, 0.15) is 5.91 Å². The summed E-state index contributed by atoms with van der Waals surface area (Å²) in [5.74, 6) is -1.87. The molecule has 1 aliphatic heterocycles. The van der Waals surface area contributed by atoms with Crippen molar-refractivity contribution in [2.24, 2.45) is 0 Å². The van der Waals surface area contributed by atoms with Crippen LogP contribution in [0.15, 0.2) is 0 Å². The van der Waals surface area contributed by atoms with E-state index in [1.165, 1.54) is 6.92 Å². The SMILES string of the molecule is CC(O)CCC(=O)ON1C(=O)[CH-]CC1=O.[U]. The molecule has 1 aliphatic rings. The molecule has 7 heteroatoms. The average molecular weight is 452 g/mol. The summed E-state index contributed by atoms with van der Waals surface area (Å²) in [5.41, 5.74) is 0. The minimum absolute atomic E-state index is 0. The molecule has 0 saturated carbocycles. The number of carbonyl (C=O) groups is 3. The monoisotopic (exact) mass is 452 g/mol. The zero-order valence-electron chi connectivity index (χ0n) is 8.80. The van der Waals surface area contributed by atoms with Crippen LogP contribution >= 0.6 is 0 Å². The molecule has 16 heavy (non-hydrogen) atoms. The molecule has 2 amide bonds. The Bertz CT molecular complexity index is 276. The summed E-state index contributed by atoms with van der Waals surface area (Å²) in [6, 6.07) is 0. The summed E-state index contributed by atoms with van der Waals surface area (Å²) < 4.78 is 0. The molecule has 0 aromatic rings. The smallest absolute Gasteiger partial charge is 0.333 e. The van der Waals surface area contributed by atoms with Gasteiger partial charge in [-0.25, -0.2) is 4.79 Å². The van der Waals surface area contributed by atoms with Crippen molar-refractivity contribution in [3.05, 3.63) is 6.42 Å². The summed E-state index contributed by atoms with van der Waals surface area (Å²) in [4.78, 5) is 37.6. The normalized spacial score (nSPS) is 16.5. The predicted octanol–water partition coefficient (Wildman–Crippen LogP) is -0.431. The maximum atomic E-state index is 11.1. The third kappa shape index (κ3) is 4.56. The van der Waals surface area contributed by atoms with Gasteiger partial charge in [-0.2, -0.15) is 0 Å². The van der Waals surface area contributed by atoms with Crippen LogP contribution in [0.4, 0.5) is 0 Å². The fourth-order valence-electron chi connectivity index (χ4n) is 1.03. The number of aliphatic hydroxyl groups excluding tert-OH is 1. The number of hydroxylamine groups is 2. The average Bonchev–Trinajstić information content (AvgIpc) is 2.46. The van der Waals surface area contributed by atoms with E-state index in [1.807, 2.05) is 0 Å². The topological polar surface area (TPSA) is 83.9 Å². The van der Waals surface area contributed by atoms with Gasteiger partial charge < -0.3 is 14.7 Å². The number of aliphatic hydroxyl groups is 1. The van der Waals surface area contributed by atoms with Gasteiger partial charge in [0.25, 0.3) is 0 Å². The zero-order valence-corrected chi connectivity index (χ0v) is 13.0. The zero-order chi connectivity index (χ0) is 11.4. The van der Waals surface area contributed by atoms with E-state index in [4.69, 9.17) is 5.11 Å². The Balaban J connectivity index is 0.00000225. The van der Waals surface area contributed by atoms with Crippen LogP contribution in [0, 0.1) is 37.5 Å². The Hall–Kier alpha value is -0.508. The van der Waals surface area contributed by atoms with Crippen molar-refractivity contribution >= 4 is 17.8 Å². The molecule has 1 N–H and O–H groups in total. The van der Waals surface area contributed by atoms with E-state index in [-0.39, 0.29) is 50.4 Å². The molecule has 88 valence electrons. The summed E-state index contributed by atoms with van der Waals surface area (Å²) in [5, 5.41) is 9.35. The maximum absolute atomic E-state index is 11.1. The molecule has 0 aromatic heterocycles. The molecule has 0 radical (unpaired) electrons. The number of hydrogen-bond donors (Lipinski definition) is 1. The van der Waals surface area contributed by atoms with Crippen molar-refractivity contribution in [3.8, 4) is 0 Å². The van der Waals surface area contributed by atoms with Crippen LogP contribution in [0.2, 0.25) is 0 Å². The molecule has 0 bridgehead atoms. The van der Waals surface area contributed by atoms with Crippen LogP contribution in [0.3, 0.4) is 0 Å². The van der Waals surface area contributed by atoms with Crippen LogP contribution < -0.4 is 0 Å². The second kappa shape index (κ2) is 6.94. The van der Waals surface area contributed by atoms with Gasteiger partial charge in [0.05, 0.1) is 12.5 Å². The maximum Gasteiger partial charge on any atom is 0.333 e. The summed E-state index contributed by atoms with van der Waals surface area (Å²) in [6.07, 6.45) is 0.689. The number of imide groups is 1. The van der Waals surface area contributed by atoms with E-state index in [2.05, 4.69) is 4.84 Å². The van der Waals surface area contributed by atoms with Gasteiger partial charge in [0, 0.05) is 31.1 Å². The quantitative estimate of drug-likeness (QED) is 0.463. The van der Waals surface area contributed by atoms with Crippen molar-refractivity contribution in [1.29, 1.82) is 0 Å². The van der Waals surface area contributed by atoms with Crippen LogP contribution in [0.25, 0.3) is 0 Å². The molecule has 1 atom stereocenters. The Kier molecular flexibility index (Phi) is 6.72. The molecule has 6 nitrogen and oxygen atoms in total. The van der Waals surface area contributed by atoms with Crippen LogP contribution in [-0.4, -0.2) is 34.1 Å². The van der Waals surface area contributed by atoms with Crippen molar-refractivity contribution in [3.63, 3.8) is 0 Å². The molecule has 1 heterocycles. The van der Waals surface area contributed by atoms with Gasteiger partial charge >= 0.3 is 5.97 Å². The van der Waals surface area contributed by atoms with E-state index >= 15 is 0 Å². The number of carbonyl (C=O) groups excluding carboxylic acids is 3. The van der Waals surface area contributed by atoms with Crippen molar-refractivity contribution < 1.29 is 55.4 Å². The standard InChI is InChI=1S/C9H12NO5.U/c1-6(11)2-5-9(14)15-10-7(12)3-4-8(10)13;/h3,6,11H,2,4-5H2,1H3;/q-1;. The first-order valence-electron chi connectivity index (χ1n) is 4.59. The molecule has 1 saturated heterocycles. The Morgan fingerprint density at radius 3 is 2.69 bits per heavy atom. The number of hydrogen-bond acceptors (Lipinski definition) is 5. The third-order valence-electron chi connectivity index (χ3n) is 1.84. The van der Waals surface area contributed by atoms with Gasteiger partial charge in [0.15, 0.2) is 0 Å². The first-order chi connectivity index (χ1) is 7.00. The minimum atomic E-state index is -0.701. The number of rotatable bonds is 4. The molecule has 1 rings (SSSR count). The predicted molar refractivity (Wildman–Crippen MR) is 47.8 cm³/mol. The molecular formula is C9H12NO5U-. The first kappa shape index (κ1) is 15.5. The van der Waals surface area contributed by atoms with Gasteiger partial charge in [-0.15, -0.1) is 5.06 Å². The Morgan fingerprint density at radius 2 is 2.25 bits per heavy atom. The van der Waals surface area contributed by atoms with Crippen molar-refractivity contribution in [1.82, 2.24) is 5.06 Å². The molecule has 0 aromatic carbocycles. The Labute approximate surface area is 117 Å². The molecular weight excluding hydrogens is 440 g/mol. The van der Waals surface area contributed by atoms with Gasteiger partial charge in [-0.05, 0) is 13.3 Å². The summed E-state index contributed by atoms with van der Waals surface area (Å²) in [6.45, 7) is 1.53. The van der Waals surface area contributed by atoms with Gasteiger partial charge in [0.2, 0.25) is 5.91 Å². The van der Waals surface area contributed by atoms with Gasteiger partial charge in [-0.1, -0.05) is 6.42 Å². The van der Waals surface area contributed by atoms with Crippen LogP contribution in [0.1, 0.15) is 26.2 Å². The van der Waals surface area contributed by atoms with Crippen molar-refractivity contribution in [2.75, 3.05) is 0 Å². The van der Waals surface area contributed by atoms with Crippen molar-refractivity contribution in [2.45, 2.75) is 32.3 Å². The van der Waals surface area contributed by atoms with E-state index < -0.39 is 23.9 Å². The van der Waals surface area contributed by atoms with E-state index in [1.54, 1.807) is 0 Å². The van der Waals surface area contributed by atoms with E-state index in [0.29, 0.717) is 5.06 Å². The Morgan fingerprint density at radius 1 is 1.62 bits per heavy atom. The van der Waals surface area contributed by atoms with Gasteiger partial charge in [-0.3, -0.25) is 11.2 Å². The fraction of sp³-hybridized carbons (Fsp3) is 0.556. The minimum Gasteiger partial charge on any atom is -0.393 e. The fourth-order valence-corrected chi connectivity index (χ4v) is 1.03. The second-order valence-electron chi connectivity index (χ2n) is 3.29. The number of nitrogens with zero attached hydrogens (tertiary/aromatic N) is 1. The molecule has 0 spiro atoms. The second-order valence-corrected chi connectivity index (χ2v) is 3.29. The summed E-state index contributed by atoms with van der Waals surface area (Å²) in [7, 11) is 0. The first-order valence-corrected chi connectivity index (χ1v) is 4.59. The molecule has 0 aliphatic carbocycles. The number of amides is 2.